The normalized spacial score (nSPS) is 25.6. The maximum absolute atomic E-state index is 5.75. The van der Waals surface area contributed by atoms with Gasteiger partial charge in [-0.1, -0.05) is 12.5 Å². The molecule has 2 aliphatic heterocycles. The van der Waals surface area contributed by atoms with Crippen molar-refractivity contribution in [1.29, 1.82) is 0 Å². The Labute approximate surface area is 102 Å². The Kier molecular flexibility index (Phi) is 2.89. The van der Waals surface area contributed by atoms with Gasteiger partial charge in [-0.3, -0.25) is 4.90 Å². The minimum Gasteiger partial charge on any atom is -0.384 e. The molecule has 0 amide bonds. The van der Waals surface area contributed by atoms with Crippen LogP contribution in [0, 0.1) is 0 Å². The van der Waals surface area contributed by atoms with E-state index in [0.717, 1.165) is 24.9 Å². The molecule has 0 aromatic carbocycles. The van der Waals surface area contributed by atoms with E-state index in [0.29, 0.717) is 5.82 Å². The van der Waals surface area contributed by atoms with Crippen LogP contribution in [0.25, 0.3) is 0 Å². The van der Waals surface area contributed by atoms with E-state index in [9.17, 15) is 0 Å². The van der Waals surface area contributed by atoms with Gasteiger partial charge in [-0.05, 0) is 31.5 Å². The third-order valence-corrected chi connectivity index (χ3v) is 3.92. The van der Waals surface area contributed by atoms with Gasteiger partial charge in [-0.2, -0.15) is 0 Å². The van der Waals surface area contributed by atoms with Crippen LogP contribution in [0.2, 0.25) is 0 Å². The molecule has 3 rings (SSSR count). The lowest BCUT2D eigenvalue weighted by atomic mass is 9.99. The fourth-order valence-corrected chi connectivity index (χ4v) is 2.98. The molecule has 1 aromatic heterocycles. The summed E-state index contributed by atoms with van der Waals surface area (Å²) in [4.78, 5) is 9.43. The van der Waals surface area contributed by atoms with E-state index in [1.165, 1.54) is 32.4 Å². The molecule has 0 spiro atoms. The zero-order chi connectivity index (χ0) is 11.7. The zero-order valence-electron chi connectivity index (χ0n) is 10.2. The Morgan fingerprint density at radius 1 is 1.18 bits per heavy atom. The molecule has 1 aromatic rings. The quantitative estimate of drug-likeness (QED) is 0.793. The first-order valence-corrected chi connectivity index (χ1v) is 6.54. The number of pyridine rings is 1. The number of nitrogens with zero attached hydrogens (tertiary/aromatic N) is 3. The van der Waals surface area contributed by atoms with E-state index in [4.69, 9.17) is 5.73 Å². The van der Waals surface area contributed by atoms with Crippen molar-refractivity contribution in [3.8, 4) is 0 Å². The molecular formula is C13H20N4. The molecular weight excluding hydrogens is 212 g/mol. The fraction of sp³-hybridized carbons (Fsp3) is 0.615. The predicted octanol–water partition coefficient (Wildman–Crippen LogP) is 1.34. The number of nitrogens with two attached hydrogens (primary N) is 1. The zero-order valence-corrected chi connectivity index (χ0v) is 10.2. The van der Waals surface area contributed by atoms with Crippen molar-refractivity contribution in [2.75, 3.05) is 36.8 Å². The van der Waals surface area contributed by atoms with E-state index < -0.39 is 0 Å². The average molecular weight is 232 g/mol. The first-order chi connectivity index (χ1) is 8.33. The number of nitrogen functional groups attached to an aromatic ring is 1. The summed E-state index contributed by atoms with van der Waals surface area (Å²) in [5, 5.41) is 0. The van der Waals surface area contributed by atoms with Gasteiger partial charge in [-0.15, -0.1) is 0 Å². The number of piperazine rings is 1. The van der Waals surface area contributed by atoms with Gasteiger partial charge >= 0.3 is 0 Å². The Hall–Kier alpha value is -1.29. The maximum atomic E-state index is 5.75. The fourth-order valence-electron chi connectivity index (χ4n) is 2.98. The number of piperidine rings is 1. The van der Waals surface area contributed by atoms with Crippen LogP contribution < -0.4 is 10.6 Å². The second-order valence-corrected chi connectivity index (χ2v) is 5.05. The molecule has 1 atom stereocenters. The topological polar surface area (TPSA) is 45.4 Å². The van der Waals surface area contributed by atoms with Gasteiger partial charge in [0.05, 0.1) is 0 Å². The monoisotopic (exact) mass is 232 g/mol. The first-order valence-electron chi connectivity index (χ1n) is 6.54. The van der Waals surface area contributed by atoms with Crippen molar-refractivity contribution in [1.82, 2.24) is 9.88 Å². The summed E-state index contributed by atoms with van der Waals surface area (Å²) < 4.78 is 0. The second-order valence-electron chi connectivity index (χ2n) is 5.05. The summed E-state index contributed by atoms with van der Waals surface area (Å²) in [5.41, 5.74) is 5.75. The highest BCUT2D eigenvalue weighted by atomic mass is 15.3. The molecule has 2 N–H and O–H groups in total. The number of rotatable bonds is 1. The van der Waals surface area contributed by atoms with E-state index in [-0.39, 0.29) is 0 Å². The summed E-state index contributed by atoms with van der Waals surface area (Å²) in [6, 6.07) is 6.63. The van der Waals surface area contributed by atoms with Crippen molar-refractivity contribution in [2.45, 2.75) is 25.3 Å². The Morgan fingerprint density at radius 3 is 3.00 bits per heavy atom. The van der Waals surface area contributed by atoms with Gasteiger partial charge in [-0.25, -0.2) is 4.98 Å². The van der Waals surface area contributed by atoms with E-state index in [1.807, 2.05) is 12.1 Å². The number of anilines is 2. The molecule has 4 heteroatoms. The van der Waals surface area contributed by atoms with Crippen LogP contribution in [0.5, 0.6) is 0 Å². The minimum atomic E-state index is 0.619. The van der Waals surface area contributed by atoms with Gasteiger partial charge in [0, 0.05) is 25.7 Å². The van der Waals surface area contributed by atoms with Crippen LogP contribution in [-0.4, -0.2) is 42.1 Å². The van der Waals surface area contributed by atoms with Crippen LogP contribution in [0.1, 0.15) is 19.3 Å². The lowest BCUT2D eigenvalue weighted by Crippen LogP contribution is -2.55. The molecule has 4 nitrogen and oxygen atoms in total. The summed E-state index contributed by atoms with van der Waals surface area (Å²) in [5.74, 6) is 1.66. The smallest absolute Gasteiger partial charge is 0.131 e. The van der Waals surface area contributed by atoms with Crippen LogP contribution >= 0.6 is 0 Å². The van der Waals surface area contributed by atoms with Crippen molar-refractivity contribution < 1.29 is 0 Å². The van der Waals surface area contributed by atoms with Crippen molar-refractivity contribution in [3.63, 3.8) is 0 Å². The molecule has 2 fully saturated rings. The molecule has 17 heavy (non-hydrogen) atoms. The van der Waals surface area contributed by atoms with Crippen molar-refractivity contribution in [2.24, 2.45) is 0 Å². The molecule has 0 radical (unpaired) electrons. The standard InChI is InChI=1S/C13H20N4/c14-12-5-3-6-13(15-12)17-9-8-16-7-2-1-4-11(16)10-17/h3,5-6,11H,1-2,4,7-10H2,(H2,14,15). The summed E-state index contributed by atoms with van der Waals surface area (Å²) in [6.07, 6.45) is 4.07. The van der Waals surface area contributed by atoms with E-state index in [1.54, 1.807) is 0 Å². The number of aromatic nitrogens is 1. The highest BCUT2D eigenvalue weighted by molar-refractivity contribution is 5.45. The van der Waals surface area contributed by atoms with Gasteiger partial charge < -0.3 is 10.6 Å². The number of hydrogen-bond acceptors (Lipinski definition) is 4. The molecule has 92 valence electrons. The Bertz CT molecular complexity index is 393. The first kappa shape index (κ1) is 10.8. The van der Waals surface area contributed by atoms with Crippen LogP contribution in [0.15, 0.2) is 18.2 Å². The Balaban J connectivity index is 1.73. The highest BCUT2D eigenvalue weighted by Crippen LogP contribution is 2.24. The van der Waals surface area contributed by atoms with Gasteiger partial charge in [0.2, 0.25) is 0 Å². The second kappa shape index (κ2) is 4.53. The van der Waals surface area contributed by atoms with Gasteiger partial charge in [0.25, 0.3) is 0 Å². The van der Waals surface area contributed by atoms with Crippen LogP contribution in [0.3, 0.4) is 0 Å². The third-order valence-electron chi connectivity index (χ3n) is 3.92. The summed E-state index contributed by atoms with van der Waals surface area (Å²) in [7, 11) is 0. The molecule has 0 aliphatic carbocycles. The third kappa shape index (κ3) is 2.22. The molecule has 2 aliphatic rings. The number of fused-ring (bicyclic) bond motifs is 1. The van der Waals surface area contributed by atoms with E-state index in [2.05, 4.69) is 20.9 Å². The lowest BCUT2D eigenvalue weighted by molar-refractivity contribution is 0.133. The summed E-state index contributed by atoms with van der Waals surface area (Å²) >= 11 is 0. The number of hydrogen-bond donors (Lipinski definition) is 1. The van der Waals surface area contributed by atoms with Crippen molar-refractivity contribution >= 4 is 11.6 Å². The molecule has 0 saturated carbocycles. The molecule has 2 saturated heterocycles. The van der Waals surface area contributed by atoms with Gasteiger partial charge in [0.1, 0.15) is 11.6 Å². The van der Waals surface area contributed by atoms with Crippen LogP contribution in [0.4, 0.5) is 11.6 Å². The lowest BCUT2D eigenvalue weighted by Gasteiger charge is -2.44. The van der Waals surface area contributed by atoms with Crippen LogP contribution in [-0.2, 0) is 0 Å². The minimum absolute atomic E-state index is 0.619. The van der Waals surface area contributed by atoms with Crippen molar-refractivity contribution in [3.05, 3.63) is 18.2 Å². The largest absolute Gasteiger partial charge is 0.384 e. The molecule has 1 unspecified atom stereocenters. The Morgan fingerprint density at radius 2 is 2.12 bits per heavy atom. The van der Waals surface area contributed by atoms with E-state index >= 15 is 0 Å². The predicted molar refractivity (Wildman–Crippen MR) is 70.1 cm³/mol. The molecule has 0 bridgehead atoms. The van der Waals surface area contributed by atoms with Gasteiger partial charge in [0.15, 0.2) is 0 Å². The SMILES string of the molecule is Nc1cccc(N2CCN3CCCCC3C2)n1. The maximum Gasteiger partial charge on any atom is 0.131 e. The molecule has 3 heterocycles. The average Bonchev–Trinajstić information content (AvgIpc) is 2.38. The summed E-state index contributed by atoms with van der Waals surface area (Å²) in [6.45, 7) is 4.63. The highest BCUT2D eigenvalue weighted by Gasteiger charge is 2.29.